The maximum absolute atomic E-state index is 5.82. The summed E-state index contributed by atoms with van der Waals surface area (Å²) < 4.78 is 5.39. The highest BCUT2D eigenvalue weighted by molar-refractivity contribution is 5.15. The molecule has 1 atom stereocenters. The summed E-state index contributed by atoms with van der Waals surface area (Å²) in [6.45, 7) is 9.36. The molecule has 1 heterocycles. The molecule has 1 aliphatic carbocycles. The van der Waals surface area contributed by atoms with Gasteiger partial charge < -0.3 is 10.3 Å². The minimum atomic E-state index is 0.169. The van der Waals surface area contributed by atoms with Crippen molar-refractivity contribution in [3.63, 3.8) is 0 Å². The predicted octanol–water partition coefficient (Wildman–Crippen LogP) is 2.60. The summed E-state index contributed by atoms with van der Waals surface area (Å²) in [7, 11) is 0. The Hall–Kier alpha value is -0.900. The van der Waals surface area contributed by atoms with Crippen LogP contribution < -0.4 is 5.73 Å². The van der Waals surface area contributed by atoms with Crippen LogP contribution in [0.25, 0.3) is 0 Å². The van der Waals surface area contributed by atoms with E-state index in [1.807, 2.05) is 0 Å². The first-order chi connectivity index (χ1) is 7.84. The normalized spacial score (nSPS) is 20.3. The molecule has 96 valence electrons. The van der Waals surface area contributed by atoms with Crippen molar-refractivity contribution in [2.24, 2.45) is 11.1 Å². The molecule has 0 aliphatic heterocycles. The SMILES string of the molecule is CC(C)(C)CC(CN)c1nc(C2(C)CC2)no1. The van der Waals surface area contributed by atoms with E-state index >= 15 is 0 Å². The van der Waals surface area contributed by atoms with Crippen LogP contribution in [0.15, 0.2) is 4.52 Å². The molecule has 4 heteroatoms. The van der Waals surface area contributed by atoms with Crippen LogP contribution >= 0.6 is 0 Å². The van der Waals surface area contributed by atoms with Gasteiger partial charge in [0.2, 0.25) is 5.89 Å². The van der Waals surface area contributed by atoms with Crippen molar-refractivity contribution in [1.82, 2.24) is 10.1 Å². The van der Waals surface area contributed by atoms with Gasteiger partial charge in [0.1, 0.15) is 0 Å². The molecule has 4 nitrogen and oxygen atoms in total. The number of rotatable bonds is 4. The van der Waals surface area contributed by atoms with Crippen LogP contribution in [-0.4, -0.2) is 16.7 Å². The number of aromatic nitrogens is 2. The molecule has 0 amide bonds. The number of hydrogen-bond acceptors (Lipinski definition) is 4. The molecule has 1 fully saturated rings. The van der Waals surface area contributed by atoms with Crippen LogP contribution in [0, 0.1) is 5.41 Å². The molecule has 2 rings (SSSR count). The number of nitrogens with zero attached hydrogens (tertiary/aromatic N) is 2. The Morgan fingerprint density at radius 3 is 2.53 bits per heavy atom. The highest BCUT2D eigenvalue weighted by Crippen LogP contribution is 2.46. The van der Waals surface area contributed by atoms with Crippen LogP contribution in [-0.2, 0) is 5.41 Å². The quantitative estimate of drug-likeness (QED) is 0.874. The smallest absolute Gasteiger partial charge is 0.231 e. The summed E-state index contributed by atoms with van der Waals surface area (Å²) in [5.41, 5.74) is 6.21. The van der Waals surface area contributed by atoms with E-state index in [9.17, 15) is 0 Å². The molecule has 0 aromatic carbocycles. The van der Waals surface area contributed by atoms with Crippen LogP contribution in [0.4, 0.5) is 0 Å². The molecule has 0 radical (unpaired) electrons. The van der Waals surface area contributed by atoms with Crippen LogP contribution in [0.1, 0.15) is 64.6 Å². The fourth-order valence-electron chi connectivity index (χ4n) is 2.07. The topological polar surface area (TPSA) is 64.9 Å². The lowest BCUT2D eigenvalue weighted by Gasteiger charge is -2.22. The Morgan fingerprint density at radius 2 is 2.06 bits per heavy atom. The summed E-state index contributed by atoms with van der Waals surface area (Å²) in [6.07, 6.45) is 3.30. The molecule has 1 saturated carbocycles. The summed E-state index contributed by atoms with van der Waals surface area (Å²) in [5, 5.41) is 4.11. The molecular weight excluding hydrogens is 214 g/mol. The van der Waals surface area contributed by atoms with Crippen molar-refractivity contribution in [2.75, 3.05) is 6.54 Å². The fraction of sp³-hybridized carbons (Fsp3) is 0.846. The van der Waals surface area contributed by atoms with Gasteiger partial charge in [0.15, 0.2) is 5.82 Å². The summed E-state index contributed by atoms with van der Waals surface area (Å²) in [5.74, 6) is 1.75. The highest BCUT2D eigenvalue weighted by atomic mass is 16.5. The van der Waals surface area contributed by atoms with Crippen molar-refractivity contribution in [2.45, 2.75) is 58.3 Å². The summed E-state index contributed by atoms with van der Waals surface area (Å²) >= 11 is 0. The molecule has 0 spiro atoms. The van der Waals surface area contributed by atoms with Crippen molar-refractivity contribution in [3.05, 3.63) is 11.7 Å². The third-order valence-corrected chi connectivity index (χ3v) is 3.47. The molecule has 0 saturated heterocycles. The van der Waals surface area contributed by atoms with Gasteiger partial charge in [-0.1, -0.05) is 32.9 Å². The standard InChI is InChI=1S/C13H23N3O/c1-12(2,3)7-9(8-14)10-15-11(16-17-10)13(4)5-6-13/h9H,5-8,14H2,1-4H3. The van der Waals surface area contributed by atoms with Gasteiger partial charge >= 0.3 is 0 Å². The van der Waals surface area contributed by atoms with Gasteiger partial charge in [-0.05, 0) is 24.7 Å². The Morgan fingerprint density at radius 1 is 1.41 bits per heavy atom. The molecule has 0 bridgehead atoms. The molecule has 1 aromatic heterocycles. The Kier molecular flexibility index (Phi) is 3.02. The lowest BCUT2D eigenvalue weighted by atomic mass is 9.84. The van der Waals surface area contributed by atoms with E-state index in [0.717, 1.165) is 12.2 Å². The minimum Gasteiger partial charge on any atom is -0.339 e. The van der Waals surface area contributed by atoms with E-state index in [1.54, 1.807) is 0 Å². The first-order valence-corrected chi connectivity index (χ1v) is 6.38. The van der Waals surface area contributed by atoms with E-state index in [-0.39, 0.29) is 16.7 Å². The van der Waals surface area contributed by atoms with E-state index in [0.29, 0.717) is 12.4 Å². The first-order valence-electron chi connectivity index (χ1n) is 6.38. The zero-order valence-corrected chi connectivity index (χ0v) is 11.3. The first kappa shape index (κ1) is 12.6. The molecule has 1 unspecified atom stereocenters. The van der Waals surface area contributed by atoms with E-state index < -0.39 is 0 Å². The second-order valence-electron chi connectivity index (χ2n) is 6.71. The highest BCUT2D eigenvalue weighted by Gasteiger charge is 2.44. The average Bonchev–Trinajstić information content (AvgIpc) is 2.81. The van der Waals surface area contributed by atoms with Gasteiger partial charge in [0.25, 0.3) is 0 Å². The van der Waals surface area contributed by atoms with E-state index in [4.69, 9.17) is 10.3 Å². The zero-order valence-electron chi connectivity index (χ0n) is 11.3. The lowest BCUT2D eigenvalue weighted by molar-refractivity contribution is 0.285. The Bertz CT molecular complexity index is 388. The molecule has 2 N–H and O–H groups in total. The van der Waals surface area contributed by atoms with Gasteiger partial charge in [-0.2, -0.15) is 4.98 Å². The summed E-state index contributed by atoms with van der Waals surface area (Å²) in [4.78, 5) is 4.54. The van der Waals surface area contributed by atoms with E-state index in [2.05, 4.69) is 37.8 Å². The maximum atomic E-state index is 5.82. The van der Waals surface area contributed by atoms with Gasteiger partial charge in [-0.3, -0.25) is 0 Å². The van der Waals surface area contributed by atoms with Crippen LogP contribution in [0.5, 0.6) is 0 Å². The van der Waals surface area contributed by atoms with Crippen molar-refractivity contribution in [1.29, 1.82) is 0 Å². The van der Waals surface area contributed by atoms with Crippen LogP contribution in [0.3, 0.4) is 0 Å². The minimum absolute atomic E-state index is 0.169. The third-order valence-electron chi connectivity index (χ3n) is 3.47. The van der Waals surface area contributed by atoms with E-state index in [1.165, 1.54) is 12.8 Å². The Balaban J connectivity index is 2.12. The molecule has 1 aliphatic rings. The monoisotopic (exact) mass is 237 g/mol. The number of nitrogens with two attached hydrogens (primary N) is 1. The van der Waals surface area contributed by atoms with Crippen molar-refractivity contribution < 1.29 is 4.52 Å². The van der Waals surface area contributed by atoms with Crippen molar-refractivity contribution >= 4 is 0 Å². The fourth-order valence-corrected chi connectivity index (χ4v) is 2.07. The molecular formula is C13H23N3O. The second-order valence-corrected chi connectivity index (χ2v) is 6.71. The van der Waals surface area contributed by atoms with Gasteiger partial charge in [-0.15, -0.1) is 0 Å². The number of hydrogen-bond donors (Lipinski definition) is 1. The zero-order chi connectivity index (χ0) is 12.7. The van der Waals surface area contributed by atoms with Crippen LogP contribution in [0.2, 0.25) is 0 Å². The molecule has 17 heavy (non-hydrogen) atoms. The Labute approximate surface area is 103 Å². The van der Waals surface area contributed by atoms with Crippen molar-refractivity contribution in [3.8, 4) is 0 Å². The summed E-state index contributed by atoms with van der Waals surface area (Å²) in [6, 6.07) is 0. The van der Waals surface area contributed by atoms with Gasteiger partial charge in [-0.25, -0.2) is 0 Å². The average molecular weight is 237 g/mol. The van der Waals surface area contributed by atoms with Gasteiger partial charge in [0.05, 0.1) is 5.92 Å². The third kappa shape index (κ3) is 2.86. The maximum Gasteiger partial charge on any atom is 0.231 e. The largest absolute Gasteiger partial charge is 0.339 e. The lowest BCUT2D eigenvalue weighted by Crippen LogP contribution is -2.19. The second kappa shape index (κ2) is 4.09. The predicted molar refractivity (Wildman–Crippen MR) is 66.8 cm³/mol. The molecule has 1 aromatic rings. The van der Waals surface area contributed by atoms with Gasteiger partial charge in [0, 0.05) is 12.0 Å².